The zero-order valence-electron chi connectivity index (χ0n) is 15.2. The maximum absolute atomic E-state index is 12.9. The van der Waals surface area contributed by atoms with Gasteiger partial charge >= 0.3 is 6.03 Å². The summed E-state index contributed by atoms with van der Waals surface area (Å²) in [5, 5.41) is 5.24. The predicted octanol–water partition coefficient (Wildman–Crippen LogP) is 3.66. The standard InChI is InChI=1S/C20H24N2O3S/c1-13-3-4-17-15(11-13)12-22(7-9-24-17)20(23)21-14(2)19-16-6-10-26-18(16)5-8-25-19/h3-4,6,10-11,14,19H,5,7-9,12H2,1-2H3,(H,21,23). The van der Waals surface area contributed by atoms with Crippen LogP contribution in [0.2, 0.25) is 0 Å². The van der Waals surface area contributed by atoms with Gasteiger partial charge in [0.05, 0.1) is 25.7 Å². The number of hydrogen-bond acceptors (Lipinski definition) is 4. The number of nitrogens with one attached hydrogen (secondary N) is 1. The van der Waals surface area contributed by atoms with E-state index in [0.29, 0.717) is 26.3 Å². The highest BCUT2D eigenvalue weighted by atomic mass is 32.1. The van der Waals surface area contributed by atoms with Crippen molar-refractivity contribution in [2.45, 2.75) is 39.0 Å². The van der Waals surface area contributed by atoms with E-state index in [0.717, 1.165) is 17.7 Å². The molecular weight excluding hydrogens is 348 g/mol. The average Bonchev–Trinajstić information content (AvgIpc) is 3.01. The molecule has 2 aromatic rings. The number of carbonyl (C=O) groups excluding carboxylic acids is 1. The molecule has 0 fully saturated rings. The first-order valence-electron chi connectivity index (χ1n) is 9.07. The third-order valence-electron chi connectivity index (χ3n) is 5.00. The molecule has 6 heteroatoms. The largest absolute Gasteiger partial charge is 0.491 e. The van der Waals surface area contributed by atoms with Gasteiger partial charge in [0.25, 0.3) is 0 Å². The first-order chi connectivity index (χ1) is 12.6. The van der Waals surface area contributed by atoms with Gasteiger partial charge in [-0.15, -0.1) is 11.3 Å². The number of ether oxygens (including phenoxy) is 2. The number of amides is 2. The van der Waals surface area contributed by atoms with Gasteiger partial charge in [-0.1, -0.05) is 17.7 Å². The van der Waals surface area contributed by atoms with Crippen LogP contribution >= 0.6 is 11.3 Å². The second-order valence-electron chi connectivity index (χ2n) is 6.96. The number of hydrogen-bond donors (Lipinski definition) is 1. The quantitative estimate of drug-likeness (QED) is 0.875. The first kappa shape index (κ1) is 17.4. The Labute approximate surface area is 157 Å². The van der Waals surface area contributed by atoms with Crippen LogP contribution in [0.15, 0.2) is 29.6 Å². The molecule has 4 rings (SSSR count). The second kappa shape index (κ2) is 7.29. The summed E-state index contributed by atoms with van der Waals surface area (Å²) in [6, 6.07) is 8.08. The van der Waals surface area contributed by atoms with Crippen molar-refractivity contribution in [3.63, 3.8) is 0 Å². The van der Waals surface area contributed by atoms with Crippen LogP contribution in [-0.4, -0.2) is 36.7 Å². The highest BCUT2D eigenvalue weighted by Crippen LogP contribution is 2.33. The smallest absolute Gasteiger partial charge is 0.318 e. The van der Waals surface area contributed by atoms with E-state index in [1.165, 1.54) is 16.0 Å². The highest BCUT2D eigenvalue weighted by Gasteiger charge is 2.29. The van der Waals surface area contributed by atoms with E-state index in [9.17, 15) is 4.79 Å². The van der Waals surface area contributed by atoms with Crippen LogP contribution in [0, 0.1) is 6.92 Å². The summed E-state index contributed by atoms with van der Waals surface area (Å²) < 4.78 is 11.8. The Bertz CT molecular complexity index is 804. The molecule has 2 aliphatic rings. The SMILES string of the molecule is Cc1ccc2c(c1)CN(C(=O)NC(C)C1OCCc3sccc31)CCO2. The molecule has 1 aromatic heterocycles. The number of rotatable bonds is 2. The topological polar surface area (TPSA) is 50.8 Å². The molecule has 26 heavy (non-hydrogen) atoms. The van der Waals surface area contributed by atoms with Crippen molar-refractivity contribution in [3.8, 4) is 5.75 Å². The Morgan fingerprint density at radius 1 is 1.35 bits per heavy atom. The van der Waals surface area contributed by atoms with Crippen molar-refractivity contribution in [3.05, 3.63) is 51.2 Å². The third kappa shape index (κ3) is 3.44. The molecule has 0 bridgehead atoms. The normalized spacial score (nSPS) is 20.4. The highest BCUT2D eigenvalue weighted by molar-refractivity contribution is 7.10. The van der Waals surface area contributed by atoms with Gasteiger partial charge < -0.3 is 19.7 Å². The zero-order valence-corrected chi connectivity index (χ0v) is 16.0. The maximum atomic E-state index is 12.9. The lowest BCUT2D eigenvalue weighted by Gasteiger charge is -2.31. The Kier molecular flexibility index (Phi) is 4.87. The van der Waals surface area contributed by atoms with E-state index in [1.807, 2.05) is 24.0 Å². The van der Waals surface area contributed by atoms with Crippen molar-refractivity contribution >= 4 is 17.4 Å². The molecule has 3 heterocycles. The molecule has 1 aromatic carbocycles. The van der Waals surface area contributed by atoms with Gasteiger partial charge in [0.15, 0.2) is 0 Å². The predicted molar refractivity (Wildman–Crippen MR) is 102 cm³/mol. The maximum Gasteiger partial charge on any atom is 0.318 e. The van der Waals surface area contributed by atoms with Crippen molar-refractivity contribution in [2.75, 3.05) is 19.8 Å². The number of aryl methyl sites for hydroxylation is 1. The fraction of sp³-hybridized carbons (Fsp3) is 0.450. The molecule has 1 N–H and O–H groups in total. The lowest BCUT2D eigenvalue weighted by molar-refractivity contribution is 0.0220. The van der Waals surface area contributed by atoms with Gasteiger partial charge in [0.2, 0.25) is 0 Å². The Balaban J connectivity index is 1.45. The van der Waals surface area contributed by atoms with Crippen LogP contribution in [0.3, 0.4) is 0 Å². The van der Waals surface area contributed by atoms with Gasteiger partial charge in [0.1, 0.15) is 18.5 Å². The van der Waals surface area contributed by atoms with E-state index >= 15 is 0 Å². The van der Waals surface area contributed by atoms with E-state index in [4.69, 9.17) is 9.47 Å². The lowest BCUT2D eigenvalue weighted by Crippen LogP contribution is -2.47. The monoisotopic (exact) mass is 372 g/mol. The molecular formula is C20H24N2O3S. The summed E-state index contributed by atoms with van der Waals surface area (Å²) in [6.07, 6.45) is 0.885. The molecule has 2 atom stereocenters. The lowest BCUT2D eigenvalue weighted by atomic mass is 10.0. The summed E-state index contributed by atoms with van der Waals surface area (Å²) in [4.78, 5) is 16.0. The van der Waals surface area contributed by atoms with Gasteiger partial charge in [-0.05, 0) is 36.9 Å². The minimum absolute atomic E-state index is 0.0681. The number of benzene rings is 1. The number of nitrogens with zero attached hydrogens (tertiary/aromatic N) is 1. The van der Waals surface area contributed by atoms with Crippen LogP contribution in [0.25, 0.3) is 0 Å². The number of thiophene rings is 1. The van der Waals surface area contributed by atoms with Gasteiger partial charge in [-0.25, -0.2) is 4.79 Å². The molecule has 0 saturated carbocycles. The van der Waals surface area contributed by atoms with Crippen LogP contribution in [0.5, 0.6) is 5.75 Å². The van der Waals surface area contributed by atoms with Crippen LogP contribution in [-0.2, 0) is 17.7 Å². The average molecular weight is 372 g/mol. The molecule has 0 spiro atoms. The van der Waals surface area contributed by atoms with Gasteiger partial charge in [-0.3, -0.25) is 0 Å². The Morgan fingerprint density at radius 3 is 3.12 bits per heavy atom. The minimum Gasteiger partial charge on any atom is -0.491 e. The van der Waals surface area contributed by atoms with Gasteiger partial charge in [0, 0.05) is 16.9 Å². The summed E-state index contributed by atoms with van der Waals surface area (Å²) in [5.41, 5.74) is 3.44. The Morgan fingerprint density at radius 2 is 2.23 bits per heavy atom. The van der Waals surface area contributed by atoms with E-state index in [2.05, 4.69) is 29.8 Å². The van der Waals surface area contributed by atoms with E-state index < -0.39 is 0 Å². The molecule has 2 amide bonds. The number of urea groups is 1. The second-order valence-corrected chi connectivity index (χ2v) is 7.96. The summed E-state index contributed by atoms with van der Waals surface area (Å²) >= 11 is 1.77. The first-order valence-corrected chi connectivity index (χ1v) is 9.95. The van der Waals surface area contributed by atoms with Crippen LogP contribution in [0.1, 0.15) is 34.6 Å². The van der Waals surface area contributed by atoms with Crippen molar-refractivity contribution in [1.29, 1.82) is 0 Å². The van der Waals surface area contributed by atoms with Crippen LogP contribution in [0.4, 0.5) is 4.79 Å². The number of fused-ring (bicyclic) bond motifs is 2. The fourth-order valence-corrected chi connectivity index (χ4v) is 4.55. The molecule has 2 unspecified atom stereocenters. The summed E-state index contributed by atoms with van der Waals surface area (Å²) in [5.74, 6) is 0.873. The van der Waals surface area contributed by atoms with Gasteiger partial charge in [-0.2, -0.15) is 0 Å². The van der Waals surface area contributed by atoms with Crippen molar-refractivity contribution in [2.24, 2.45) is 0 Å². The molecule has 2 aliphatic heterocycles. The Hall–Kier alpha value is -2.05. The summed E-state index contributed by atoms with van der Waals surface area (Å²) in [6.45, 7) is 6.42. The zero-order chi connectivity index (χ0) is 18.1. The van der Waals surface area contributed by atoms with E-state index in [1.54, 1.807) is 11.3 Å². The minimum atomic E-state index is -0.0858. The number of carbonyl (C=O) groups is 1. The summed E-state index contributed by atoms with van der Waals surface area (Å²) in [7, 11) is 0. The molecule has 0 saturated heterocycles. The fourth-order valence-electron chi connectivity index (χ4n) is 3.65. The van der Waals surface area contributed by atoms with Crippen molar-refractivity contribution < 1.29 is 14.3 Å². The molecule has 0 aliphatic carbocycles. The molecule has 0 radical (unpaired) electrons. The molecule has 138 valence electrons. The molecule has 5 nitrogen and oxygen atoms in total. The third-order valence-corrected chi connectivity index (χ3v) is 6.00. The van der Waals surface area contributed by atoms with E-state index in [-0.39, 0.29) is 18.2 Å². The van der Waals surface area contributed by atoms with Crippen LogP contribution < -0.4 is 10.1 Å². The van der Waals surface area contributed by atoms with Crippen molar-refractivity contribution in [1.82, 2.24) is 10.2 Å².